The lowest BCUT2D eigenvalue weighted by atomic mass is 10.1. The lowest BCUT2D eigenvalue weighted by Crippen LogP contribution is -2.07. The second-order valence-corrected chi connectivity index (χ2v) is 4.13. The van der Waals surface area contributed by atoms with Crippen molar-refractivity contribution in [2.45, 2.75) is 19.5 Å². The fourth-order valence-corrected chi connectivity index (χ4v) is 1.68. The van der Waals surface area contributed by atoms with Crippen LogP contribution in [0.2, 0.25) is 0 Å². The summed E-state index contributed by atoms with van der Waals surface area (Å²) in [7, 11) is 0. The summed E-state index contributed by atoms with van der Waals surface area (Å²) in [5.41, 5.74) is 0.784. The molecule has 0 aliphatic carbocycles. The van der Waals surface area contributed by atoms with Gasteiger partial charge in [0, 0.05) is 13.0 Å². The van der Waals surface area contributed by atoms with Crippen LogP contribution in [0.1, 0.15) is 16.8 Å². The van der Waals surface area contributed by atoms with Gasteiger partial charge in [-0.15, -0.1) is 5.10 Å². The summed E-state index contributed by atoms with van der Waals surface area (Å²) in [4.78, 5) is 0. The first kappa shape index (κ1) is 13.5. The highest BCUT2D eigenvalue weighted by Crippen LogP contribution is 2.31. The Morgan fingerprint density at radius 1 is 1.32 bits per heavy atom. The zero-order chi connectivity index (χ0) is 14.0. The first-order valence-corrected chi connectivity index (χ1v) is 5.62. The van der Waals surface area contributed by atoms with Crippen LogP contribution in [0.4, 0.5) is 13.2 Å². The Morgan fingerprint density at radius 2 is 2.05 bits per heavy atom. The number of nitrogens with zero attached hydrogens (tertiary/aromatic N) is 3. The lowest BCUT2D eigenvalue weighted by molar-refractivity contribution is -0.137. The minimum Gasteiger partial charge on any atom is -0.396 e. The summed E-state index contributed by atoms with van der Waals surface area (Å²) in [6.45, 7) is 1.61. The number of aryl methyl sites for hydroxylation is 1. The van der Waals surface area contributed by atoms with E-state index in [4.69, 9.17) is 5.11 Å². The summed E-state index contributed by atoms with van der Waals surface area (Å²) >= 11 is 0. The number of alkyl halides is 3. The standard InChI is InChI=1S/C12H12F3N3O/c1-8-2-3-9(12(13,14)15)6-11(8)18-7-10(4-5-19)16-17-18/h2-3,6-7,19H,4-5H2,1H3. The summed E-state index contributed by atoms with van der Waals surface area (Å²) in [5.74, 6) is 0. The highest BCUT2D eigenvalue weighted by molar-refractivity contribution is 5.43. The maximum atomic E-state index is 12.7. The molecule has 1 aromatic heterocycles. The Morgan fingerprint density at radius 3 is 2.68 bits per heavy atom. The van der Waals surface area contributed by atoms with Crippen molar-refractivity contribution in [3.63, 3.8) is 0 Å². The van der Waals surface area contributed by atoms with Crippen molar-refractivity contribution < 1.29 is 18.3 Å². The maximum Gasteiger partial charge on any atom is 0.416 e. The molecule has 0 atom stereocenters. The summed E-state index contributed by atoms with van der Waals surface area (Å²) in [6.07, 6.45) is -2.56. The average molecular weight is 271 g/mol. The Bertz CT molecular complexity index is 578. The molecule has 0 saturated carbocycles. The van der Waals surface area contributed by atoms with Crippen LogP contribution in [-0.4, -0.2) is 26.7 Å². The van der Waals surface area contributed by atoms with Crippen molar-refractivity contribution in [3.8, 4) is 5.69 Å². The van der Waals surface area contributed by atoms with Gasteiger partial charge in [-0.2, -0.15) is 13.2 Å². The topological polar surface area (TPSA) is 50.9 Å². The largest absolute Gasteiger partial charge is 0.416 e. The van der Waals surface area contributed by atoms with Gasteiger partial charge in [-0.25, -0.2) is 4.68 Å². The van der Waals surface area contributed by atoms with E-state index in [0.29, 0.717) is 23.4 Å². The zero-order valence-corrected chi connectivity index (χ0v) is 10.1. The fourth-order valence-electron chi connectivity index (χ4n) is 1.68. The van der Waals surface area contributed by atoms with Crippen LogP contribution in [0.3, 0.4) is 0 Å². The molecule has 0 spiro atoms. The van der Waals surface area contributed by atoms with E-state index in [2.05, 4.69) is 10.3 Å². The van der Waals surface area contributed by atoms with Crippen LogP contribution in [0.25, 0.3) is 5.69 Å². The fraction of sp³-hybridized carbons (Fsp3) is 0.333. The van der Waals surface area contributed by atoms with Crippen LogP contribution in [0.5, 0.6) is 0 Å². The number of aromatic nitrogens is 3. The van der Waals surface area contributed by atoms with Gasteiger partial charge in [0.1, 0.15) is 0 Å². The molecule has 0 unspecified atom stereocenters. The number of rotatable bonds is 3. The SMILES string of the molecule is Cc1ccc(C(F)(F)F)cc1-n1cc(CCO)nn1. The van der Waals surface area contributed by atoms with Crippen LogP contribution >= 0.6 is 0 Å². The minimum atomic E-state index is -4.39. The summed E-state index contributed by atoms with van der Waals surface area (Å²) < 4.78 is 39.3. The third-order valence-corrected chi connectivity index (χ3v) is 2.69. The third kappa shape index (κ3) is 2.93. The molecule has 0 aliphatic rings. The predicted octanol–water partition coefficient (Wildman–Crippen LogP) is 2.13. The van der Waals surface area contributed by atoms with Gasteiger partial charge >= 0.3 is 6.18 Å². The Balaban J connectivity index is 2.42. The van der Waals surface area contributed by atoms with Gasteiger partial charge < -0.3 is 5.11 Å². The third-order valence-electron chi connectivity index (χ3n) is 2.69. The van der Waals surface area contributed by atoms with Crippen molar-refractivity contribution in [3.05, 3.63) is 41.2 Å². The predicted molar refractivity (Wildman–Crippen MR) is 61.9 cm³/mol. The van der Waals surface area contributed by atoms with Crippen LogP contribution in [-0.2, 0) is 12.6 Å². The number of hydrogen-bond acceptors (Lipinski definition) is 3. The molecule has 4 nitrogen and oxygen atoms in total. The zero-order valence-electron chi connectivity index (χ0n) is 10.1. The number of halogens is 3. The van der Waals surface area contributed by atoms with Crippen molar-refractivity contribution >= 4 is 0 Å². The van der Waals surface area contributed by atoms with Gasteiger partial charge in [0.25, 0.3) is 0 Å². The molecule has 0 saturated heterocycles. The maximum absolute atomic E-state index is 12.7. The molecule has 0 fully saturated rings. The average Bonchev–Trinajstić information content (AvgIpc) is 2.77. The Hall–Kier alpha value is -1.89. The first-order chi connectivity index (χ1) is 8.91. The monoisotopic (exact) mass is 271 g/mol. The van der Waals surface area contributed by atoms with E-state index in [1.54, 1.807) is 6.92 Å². The highest BCUT2D eigenvalue weighted by atomic mass is 19.4. The van der Waals surface area contributed by atoms with E-state index in [1.165, 1.54) is 16.9 Å². The molecule has 2 aromatic rings. The molecule has 0 aliphatic heterocycles. The summed E-state index contributed by atoms with van der Waals surface area (Å²) in [5, 5.41) is 16.3. The van der Waals surface area contributed by atoms with E-state index in [9.17, 15) is 13.2 Å². The van der Waals surface area contributed by atoms with Crippen LogP contribution < -0.4 is 0 Å². The van der Waals surface area contributed by atoms with E-state index in [-0.39, 0.29) is 6.61 Å². The molecule has 0 amide bonds. The van der Waals surface area contributed by atoms with Gasteiger partial charge in [0.05, 0.1) is 23.1 Å². The summed E-state index contributed by atoms with van der Waals surface area (Å²) in [6, 6.07) is 3.46. The van der Waals surface area contributed by atoms with Crippen molar-refractivity contribution in [1.29, 1.82) is 0 Å². The van der Waals surface area contributed by atoms with E-state index in [0.717, 1.165) is 12.1 Å². The molecule has 0 radical (unpaired) electrons. The van der Waals surface area contributed by atoms with Crippen LogP contribution in [0.15, 0.2) is 24.4 Å². The molecular formula is C12H12F3N3O. The molecule has 2 rings (SSSR count). The van der Waals surface area contributed by atoms with Gasteiger partial charge in [-0.05, 0) is 24.6 Å². The quantitative estimate of drug-likeness (QED) is 0.930. The van der Waals surface area contributed by atoms with Gasteiger partial charge in [0.2, 0.25) is 0 Å². The minimum absolute atomic E-state index is 0.0831. The number of benzene rings is 1. The second-order valence-electron chi connectivity index (χ2n) is 4.13. The second kappa shape index (κ2) is 5.00. The van der Waals surface area contributed by atoms with E-state index in [1.807, 2.05) is 0 Å². The van der Waals surface area contributed by atoms with Crippen molar-refractivity contribution in [1.82, 2.24) is 15.0 Å². The Labute approximate surface area is 107 Å². The highest BCUT2D eigenvalue weighted by Gasteiger charge is 2.31. The smallest absolute Gasteiger partial charge is 0.396 e. The van der Waals surface area contributed by atoms with Crippen molar-refractivity contribution in [2.75, 3.05) is 6.61 Å². The Kier molecular flexibility index (Phi) is 3.57. The first-order valence-electron chi connectivity index (χ1n) is 5.62. The van der Waals surface area contributed by atoms with Crippen LogP contribution in [0, 0.1) is 6.92 Å². The number of aliphatic hydroxyl groups excluding tert-OH is 1. The van der Waals surface area contributed by atoms with Crippen molar-refractivity contribution in [2.24, 2.45) is 0 Å². The number of hydrogen-bond donors (Lipinski definition) is 1. The number of aliphatic hydroxyl groups is 1. The van der Waals surface area contributed by atoms with E-state index >= 15 is 0 Å². The molecule has 1 heterocycles. The molecule has 7 heteroatoms. The van der Waals surface area contributed by atoms with Gasteiger partial charge in [0.15, 0.2) is 0 Å². The lowest BCUT2D eigenvalue weighted by Gasteiger charge is -2.10. The van der Waals surface area contributed by atoms with Gasteiger partial charge in [-0.1, -0.05) is 11.3 Å². The van der Waals surface area contributed by atoms with E-state index < -0.39 is 11.7 Å². The molecule has 0 bridgehead atoms. The normalized spacial score (nSPS) is 11.8. The molecule has 19 heavy (non-hydrogen) atoms. The molecule has 1 N–H and O–H groups in total. The molecular weight excluding hydrogens is 259 g/mol. The molecule has 1 aromatic carbocycles. The van der Waals surface area contributed by atoms with Gasteiger partial charge in [-0.3, -0.25) is 0 Å². The molecule has 102 valence electrons.